The summed E-state index contributed by atoms with van der Waals surface area (Å²) in [6, 6.07) is 8.89. The van der Waals surface area contributed by atoms with Crippen molar-refractivity contribution in [3.8, 4) is 11.4 Å². The lowest BCUT2D eigenvalue weighted by atomic mass is 10.1. The Balaban J connectivity index is 2.01. The van der Waals surface area contributed by atoms with Crippen LogP contribution in [0.15, 0.2) is 45.7 Å². The van der Waals surface area contributed by atoms with E-state index in [1.54, 1.807) is 35.1 Å². The fourth-order valence-corrected chi connectivity index (χ4v) is 2.56. The maximum Gasteiger partial charge on any atom is 0.230 e. The molecule has 0 radical (unpaired) electrons. The molecule has 7 heteroatoms. The molecule has 0 N–H and O–H groups in total. The number of nitrogens with zero attached hydrogens (tertiary/aromatic N) is 5. The first-order valence-electron chi connectivity index (χ1n) is 7.25. The Morgan fingerprint density at radius 1 is 1.17 bits per heavy atom. The summed E-state index contributed by atoms with van der Waals surface area (Å²) in [6.07, 6.45) is 1.60. The van der Waals surface area contributed by atoms with Crippen molar-refractivity contribution in [1.29, 1.82) is 0 Å². The molecule has 4 aromatic rings. The third kappa shape index (κ3) is 2.09. The largest absolute Gasteiger partial charge is 0.437 e. The molecule has 3 heterocycles. The average Bonchev–Trinajstić information content (AvgIpc) is 3.05. The Bertz CT molecular complexity index is 1080. The molecular formula is C16H13N5O2. The number of pyridine rings is 1. The smallest absolute Gasteiger partial charge is 0.230 e. The zero-order valence-corrected chi connectivity index (χ0v) is 12.6. The molecule has 0 saturated heterocycles. The number of benzene rings is 1. The summed E-state index contributed by atoms with van der Waals surface area (Å²) < 4.78 is 7.42. The molecular weight excluding hydrogens is 294 g/mol. The monoisotopic (exact) mass is 307 g/mol. The summed E-state index contributed by atoms with van der Waals surface area (Å²) in [4.78, 5) is 16.8. The van der Waals surface area contributed by atoms with E-state index < -0.39 is 0 Å². The summed E-state index contributed by atoms with van der Waals surface area (Å²) in [5.74, 6) is 0.618. The Kier molecular flexibility index (Phi) is 2.94. The van der Waals surface area contributed by atoms with Crippen LogP contribution < -0.4 is 5.43 Å². The van der Waals surface area contributed by atoms with Gasteiger partial charge in [-0.05, 0) is 54.6 Å². The van der Waals surface area contributed by atoms with E-state index in [1.807, 2.05) is 19.9 Å². The average molecular weight is 307 g/mol. The third-order valence-electron chi connectivity index (χ3n) is 3.69. The van der Waals surface area contributed by atoms with Crippen molar-refractivity contribution >= 4 is 22.1 Å². The van der Waals surface area contributed by atoms with E-state index in [-0.39, 0.29) is 11.5 Å². The van der Waals surface area contributed by atoms with Gasteiger partial charge in [-0.15, -0.1) is 5.10 Å². The van der Waals surface area contributed by atoms with Gasteiger partial charge in [-0.25, -0.2) is 9.67 Å². The van der Waals surface area contributed by atoms with E-state index >= 15 is 0 Å². The molecule has 0 saturated carbocycles. The van der Waals surface area contributed by atoms with Gasteiger partial charge in [-0.3, -0.25) is 4.79 Å². The minimum absolute atomic E-state index is 0.111. The maximum atomic E-state index is 12.7. The first kappa shape index (κ1) is 13.6. The standard InChI is InChI=1S/C16H13N5O2/c1-9(2)21-15(18-19-20-21)10-5-6-13-12(8-10)14(22)11-4-3-7-17-16(11)23-13/h3-9H,1-2H3. The van der Waals surface area contributed by atoms with Gasteiger partial charge in [0.2, 0.25) is 11.1 Å². The lowest BCUT2D eigenvalue weighted by Crippen LogP contribution is -2.06. The van der Waals surface area contributed by atoms with Gasteiger partial charge in [-0.2, -0.15) is 0 Å². The zero-order valence-electron chi connectivity index (χ0n) is 12.6. The van der Waals surface area contributed by atoms with Crippen molar-refractivity contribution in [2.24, 2.45) is 0 Å². The minimum atomic E-state index is -0.111. The first-order chi connectivity index (χ1) is 11.1. The highest BCUT2D eigenvalue weighted by Gasteiger charge is 2.14. The molecule has 4 rings (SSSR count). The van der Waals surface area contributed by atoms with Gasteiger partial charge in [0.1, 0.15) is 5.58 Å². The van der Waals surface area contributed by atoms with E-state index in [2.05, 4.69) is 20.5 Å². The maximum absolute atomic E-state index is 12.7. The molecule has 3 aromatic heterocycles. The molecule has 0 aliphatic carbocycles. The molecule has 0 spiro atoms. The predicted molar refractivity (Wildman–Crippen MR) is 85.0 cm³/mol. The van der Waals surface area contributed by atoms with E-state index in [1.165, 1.54) is 0 Å². The molecule has 0 aliphatic heterocycles. The fraction of sp³-hybridized carbons (Fsp3) is 0.188. The Morgan fingerprint density at radius 2 is 2.04 bits per heavy atom. The second-order valence-corrected chi connectivity index (χ2v) is 5.54. The Hall–Kier alpha value is -3.09. The second-order valence-electron chi connectivity index (χ2n) is 5.54. The van der Waals surface area contributed by atoms with Crippen molar-refractivity contribution in [1.82, 2.24) is 25.2 Å². The molecule has 23 heavy (non-hydrogen) atoms. The highest BCUT2D eigenvalue weighted by Crippen LogP contribution is 2.24. The number of tetrazole rings is 1. The molecule has 7 nitrogen and oxygen atoms in total. The normalized spacial score (nSPS) is 11.6. The van der Waals surface area contributed by atoms with Gasteiger partial charge in [0.15, 0.2) is 5.82 Å². The van der Waals surface area contributed by atoms with Gasteiger partial charge in [0.05, 0.1) is 16.8 Å². The van der Waals surface area contributed by atoms with Crippen LogP contribution in [-0.2, 0) is 0 Å². The number of hydrogen-bond acceptors (Lipinski definition) is 6. The molecule has 1 aromatic carbocycles. The van der Waals surface area contributed by atoms with Gasteiger partial charge in [0, 0.05) is 11.8 Å². The Labute approximate surface area is 130 Å². The number of fused-ring (bicyclic) bond motifs is 2. The molecule has 0 bridgehead atoms. The molecule has 0 unspecified atom stereocenters. The molecule has 0 fully saturated rings. The van der Waals surface area contributed by atoms with Gasteiger partial charge < -0.3 is 4.42 Å². The van der Waals surface area contributed by atoms with Crippen LogP contribution in [0.1, 0.15) is 19.9 Å². The number of aromatic nitrogens is 5. The van der Waals surface area contributed by atoms with Crippen LogP contribution in [0.3, 0.4) is 0 Å². The summed E-state index contributed by atoms with van der Waals surface area (Å²) in [5, 5.41) is 12.7. The number of rotatable bonds is 2. The first-order valence-corrected chi connectivity index (χ1v) is 7.25. The molecule has 114 valence electrons. The Morgan fingerprint density at radius 3 is 2.87 bits per heavy atom. The summed E-state index contributed by atoms with van der Waals surface area (Å²) >= 11 is 0. The van der Waals surface area contributed by atoms with Crippen molar-refractivity contribution in [2.75, 3.05) is 0 Å². The van der Waals surface area contributed by atoms with Crippen LogP contribution in [0.5, 0.6) is 0 Å². The predicted octanol–water partition coefficient (Wildman–Crippen LogP) is 2.58. The summed E-state index contributed by atoms with van der Waals surface area (Å²) in [7, 11) is 0. The van der Waals surface area contributed by atoms with Gasteiger partial charge in [0.25, 0.3) is 0 Å². The fourth-order valence-electron chi connectivity index (χ4n) is 2.56. The van der Waals surface area contributed by atoms with Crippen LogP contribution in [0.4, 0.5) is 0 Å². The third-order valence-corrected chi connectivity index (χ3v) is 3.69. The number of hydrogen-bond donors (Lipinski definition) is 0. The quantitative estimate of drug-likeness (QED) is 0.529. The van der Waals surface area contributed by atoms with Crippen LogP contribution in [-0.4, -0.2) is 25.2 Å². The van der Waals surface area contributed by atoms with Crippen molar-refractivity contribution < 1.29 is 4.42 Å². The van der Waals surface area contributed by atoms with E-state index in [4.69, 9.17) is 4.42 Å². The van der Waals surface area contributed by atoms with Crippen molar-refractivity contribution in [2.45, 2.75) is 19.9 Å². The minimum Gasteiger partial charge on any atom is -0.437 e. The van der Waals surface area contributed by atoms with E-state index in [0.29, 0.717) is 27.9 Å². The lowest BCUT2D eigenvalue weighted by Gasteiger charge is -2.08. The highest BCUT2D eigenvalue weighted by molar-refractivity contribution is 5.90. The van der Waals surface area contributed by atoms with E-state index in [9.17, 15) is 4.79 Å². The SMILES string of the molecule is CC(C)n1nnnc1-c1ccc2oc3ncccc3c(=O)c2c1. The second kappa shape index (κ2) is 4.98. The zero-order chi connectivity index (χ0) is 16.0. The van der Waals surface area contributed by atoms with Crippen LogP contribution in [0.2, 0.25) is 0 Å². The van der Waals surface area contributed by atoms with Crippen LogP contribution in [0, 0.1) is 0 Å². The molecule has 0 amide bonds. The summed E-state index contributed by atoms with van der Waals surface area (Å²) in [6.45, 7) is 3.99. The van der Waals surface area contributed by atoms with Crippen LogP contribution in [0.25, 0.3) is 33.5 Å². The van der Waals surface area contributed by atoms with Gasteiger partial charge >= 0.3 is 0 Å². The van der Waals surface area contributed by atoms with Crippen molar-refractivity contribution in [3.63, 3.8) is 0 Å². The van der Waals surface area contributed by atoms with E-state index in [0.717, 1.165) is 5.56 Å². The highest BCUT2D eigenvalue weighted by atomic mass is 16.3. The summed E-state index contributed by atoms with van der Waals surface area (Å²) in [5.41, 5.74) is 1.49. The molecule has 0 aliphatic rings. The van der Waals surface area contributed by atoms with Gasteiger partial charge in [-0.1, -0.05) is 0 Å². The topological polar surface area (TPSA) is 86.7 Å². The van der Waals surface area contributed by atoms with Crippen LogP contribution >= 0.6 is 0 Å². The molecule has 0 atom stereocenters. The lowest BCUT2D eigenvalue weighted by molar-refractivity contribution is 0.519. The van der Waals surface area contributed by atoms with Crippen molar-refractivity contribution in [3.05, 3.63) is 46.8 Å².